The molecule has 1 heterocycles. The molecule has 0 spiro atoms. The zero-order valence-electron chi connectivity index (χ0n) is 14.7. The van der Waals surface area contributed by atoms with Crippen molar-refractivity contribution in [1.29, 1.82) is 5.26 Å². The van der Waals surface area contributed by atoms with Crippen LogP contribution < -0.4 is 10.3 Å². The minimum absolute atomic E-state index is 0.0834. The largest absolute Gasteiger partial charge is 0.493 e. The molecule has 0 fully saturated rings. The fourth-order valence-electron chi connectivity index (χ4n) is 2.79. The number of ether oxygens (including phenoxy) is 1. The predicted molar refractivity (Wildman–Crippen MR) is 103 cm³/mol. The average Bonchev–Trinajstić information content (AvgIpc) is 2.66. The standard InChI is InChI=1S/C21H19N3O2/c1-3-12-26-20-11-8-15-6-4-5-7-16(15)17(20)9-10-19-14(2)18(13-22)21(25)24-23-19/h4-11H,3,12H2,1-2H3,(H,24,25)/b10-9+. The number of fused-ring (bicyclic) bond motifs is 1. The van der Waals surface area contributed by atoms with Gasteiger partial charge in [0.1, 0.15) is 17.4 Å². The van der Waals surface area contributed by atoms with Crippen LogP contribution in [0.4, 0.5) is 0 Å². The molecule has 3 aromatic rings. The lowest BCUT2D eigenvalue weighted by Crippen LogP contribution is -2.15. The molecule has 130 valence electrons. The summed E-state index contributed by atoms with van der Waals surface area (Å²) in [5.41, 5.74) is 1.67. The highest BCUT2D eigenvalue weighted by molar-refractivity contribution is 5.95. The summed E-state index contributed by atoms with van der Waals surface area (Å²) in [4.78, 5) is 11.7. The second-order valence-corrected chi connectivity index (χ2v) is 5.93. The van der Waals surface area contributed by atoms with E-state index in [-0.39, 0.29) is 5.56 Å². The lowest BCUT2D eigenvalue weighted by atomic mass is 10.0. The normalized spacial score (nSPS) is 11.0. The first kappa shape index (κ1) is 17.4. The van der Waals surface area contributed by atoms with E-state index in [2.05, 4.69) is 17.1 Å². The van der Waals surface area contributed by atoms with Gasteiger partial charge in [-0.05, 0) is 47.9 Å². The Kier molecular flexibility index (Phi) is 5.14. The number of nitriles is 1. The van der Waals surface area contributed by atoms with Crippen molar-refractivity contribution < 1.29 is 4.74 Å². The number of aromatic nitrogens is 2. The zero-order chi connectivity index (χ0) is 18.5. The van der Waals surface area contributed by atoms with E-state index >= 15 is 0 Å². The quantitative estimate of drug-likeness (QED) is 0.756. The van der Waals surface area contributed by atoms with Crippen molar-refractivity contribution in [1.82, 2.24) is 10.2 Å². The SMILES string of the molecule is CCCOc1ccc2ccccc2c1/C=C/c1n[nH]c(=O)c(C#N)c1C. The third-order valence-electron chi connectivity index (χ3n) is 4.18. The van der Waals surface area contributed by atoms with Crippen molar-refractivity contribution in [2.45, 2.75) is 20.3 Å². The topological polar surface area (TPSA) is 78.8 Å². The summed E-state index contributed by atoms with van der Waals surface area (Å²) in [7, 11) is 0. The van der Waals surface area contributed by atoms with Crippen LogP contribution in [0, 0.1) is 18.3 Å². The molecular weight excluding hydrogens is 326 g/mol. The monoisotopic (exact) mass is 345 g/mol. The molecule has 1 N–H and O–H groups in total. The third kappa shape index (κ3) is 3.35. The Labute approximate surface area is 151 Å². The van der Waals surface area contributed by atoms with Gasteiger partial charge in [0.25, 0.3) is 5.56 Å². The van der Waals surface area contributed by atoms with E-state index < -0.39 is 5.56 Å². The second-order valence-electron chi connectivity index (χ2n) is 5.93. The molecule has 1 aromatic heterocycles. The van der Waals surface area contributed by atoms with Crippen molar-refractivity contribution in [2.75, 3.05) is 6.61 Å². The van der Waals surface area contributed by atoms with Gasteiger partial charge in [-0.25, -0.2) is 5.10 Å². The van der Waals surface area contributed by atoms with Crippen LogP contribution in [0.2, 0.25) is 0 Å². The van der Waals surface area contributed by atoms with Gasteiger partial charge in [0.05, 0.1) is 12.3 Å². The Bertz CT molecular complexity index is 1070. The van der Waals surface area contributed by atoms with Gasteiger partial charge < -0.3 is 4.74 Å². The Morgan fingerprint density at radius 2 is 2.04 bits per heavy atom. The molecule has 0 aliphatic rings. The maximum atomic E-state index is 11.7. The average molecular weight is 345 g/mol. The van der Waals surface area contributed by atoms with E-state index in [4.69, 9.17) is 10.00 Å². The summed E-state index contributed by atoms with van der Waals surface area (Å²) in [5.74, 6) is 0.796. The number of aromatic amines is 1. The van der Waals surface area contributed by atoms with E-state index in [0.717, 1.165) is 28.5 Å². The molecule has 26 heavy (non-hydrogen) atoms. The molecule has 0 radical (unpaired) electrons. The van der Waals surface area contributed by atoms with Gasteiger partial charge in [0.2, 0.25) is 0 Å². The van der Waals surface area contributed by atoms with Gasteiger partial charge >= 0.3 is 0 Å². The number of hydrogen-bond donors (Lipinski definition) is 1. The molecule has 0 saturated heterocycles. The molecule has 5 nitrogen and oxygen atoms in total. The summed E-state index contributed by atoms with van der Waals surface area (Å²) in [6, 6.07) is 14.0. The summed E-state index contributed by atoms with van der Waals surface area (Å²) in [5, 5.41) is 17.8. The van der Waals surface area contributed by atoms with Crippen molar-refractivity contribution in [3.05, 3.63) is 69.1 Å². The van der Waals surface area contributed by atoms with Crippen LogP contribution in [0.3, 0.4) is 0 Å². The van der Waals surface area contributed by atoms with Gasteiger partial charge in [-0.2, -0.15) is 10.4 Å². The highest BCUT2D eigenvalue weighted by Gasteiger charge is 2.09. The fourth-order valence-corrected chi connectivity index (χ4v) is 2.79. The minimum Gasteiger partial charge on any atom is -0.493 e. The molecule has 0 aliphatic heterocycles. The highest BCUT2D eigenvalue weighted by Crippen LogP contribution is 2.30. The first-order valence-electron chi connectivity index (χ1n) is 8.47. The number of nitrogens with zero attached hydrogens (tertiary/aromatic N) is 2. The Morgan fingerprint density at radius 3 is 2.81 bits per heavy atom. The summed E-state index contributed by atoms with van der Waals surface area (Å²) < 4.78 is 5.90. The molecule has 0 unspecified atom stereocenters. The van der Waals surface area contributed by atoms with Crippen molar-refractivity contribution in [3.8, 4) is 11.8 Å². The molecule has 0 atom stereocenters. The van der Waals surface area contributed by atoms with Gasteiger partial charge in [-0.15, -0.1) is 0 Å². The first-order chi connectivity index (χ1) is 12.7. The molecule has 0 saturated carbocycles. The fraction of sp³-hybridized carbons (Fsp3) is 0.190. The van der Waals surface area contributed by atoms with Crippen molar-refractivity contribution >= 4 is 22.9 Å². The number of hydrogen-bond acceptors (Lipinski definition) is 4. The smallest absolute Gasteiger partial charge is 0.282 e. The lowest BCUT2D eigenvalue weighted by Gasteiger charge is -2.11. The number of nitrogens with one attached hydrogen (secondary N) is 1. The van der Waals surface area contributed by atoms with Crippen LogP contribution in [0.15, 0.2) is 41.2 Å². The van der Waals surface area contributed by atoms with E-state index in [1.807, 2.05) is 48.5 Å². The second kappa shape index (κ2) is 7.66. The van der Waals surface area contributed by atoms with E-state index in [9.17, 15) is 4.79 Å². The third-order valence-corrected chi connectivity index (χ3v) is 4.18. The maximum absolute atomic E-state index is 11.7. The Balaban J connectivity index is 2.12. The molecule has 2 aromatic carbocycles. The summed E-state index contributed by atoms with van der Waals surface area (Å²) in [6.07, 6.45) is 4.64. The van der Waals surface area contributed by atoms with Crippen LogP contribution >= 0.6 is 0 Å². The zero-order valence-corrected chi connectivity index (χ0v) is 14.7. The first-order valence-corrected chi connectivity index (χ1v) is 8.47. The van der Waals surface area contributed by atoms with Gasteiger partial charge in [0.15, 0.2) is 0 Å². The summed E-state index contributed by atoms with van der Waals surface area (Å²) >= 11 is 0. The van der Waals surface area contributed by atoms with Gasteiger partial charge in [-0.3, -0.25) is 4.79 Å². The Hall–Kier alpha value is -3.39. The van der Waals surface area contributed by atoms with E-state index in [1.54, 1.807) is 13.0 Å². The predicted octanol–water partition coefficient (Wildman–Crippen LogP) is 4.06. The number of benzene rings is 2. The summed E-state index contributed by atoms with van der Waals surface area (Å²) in [6.45, 7) is 4.42. The highest BCUT2D eigenvalue weighted by atomic mass is 16.5. The molecule has 5 heteroatoms. The molecule has 0 bridgehead atoms. The minimum atomic E-state index is -0.473. The molecular formula is C21H19N3O2. The van der Waals surface area contributed by atoms with Crippen LogP contribution in [0.1, 0.15) is 35.7 Å². The molecule has 0 amide bonds. The lowest BCUT2D eigenvalue weighted by molar-refractivity contribution is 0.317. The number of H-pyrrole nitrogens is 1. The van der Waals surface area contributed by atoms with Crippen LogP contribution in [0.5, 0.6) is 5.75 Å². The van der Waals surface area contributed by atoms with Crippen LogP contribution in [0.25, 0.3) is 22.9 Å². The van der Waals surface area contributed by atoms with Crippen molar-refractivity contribution in [2.24, 2.45) is 0 Å². The van der Waals surface area contributed by atoms with Crippen LogP contribution in [-0.4, -0.2) is 16.8 Å². The van der Waals surface area contributed by atoms with E-state index in [1.165, 1.54) is 0 Å². The van der Waals surface area contributed by atoms with E-state index in [0.29, 0.717) is 17.9 Å². The Morgan fingerprint density at radius 1 is 1.23 bits per heavy atom. The molecule has 3 rings (SSSR count). The number of rotatable bonds is 5. The van der Waals surface area contributed by atoms with Gasteiger partial charge in [-0.1, -0.05) is 37.3 Å². The maximum Gasteiger partial charge on any atom is 0.282 e. The van der Waals surface area contributed by atoms with Crippen molar-refractivity contribution in [3.63, 3.8) is 0 Å². The van der Waals surface area contributed by atoms with Gasteiger partial charge in [0, 0.05) is 5.56 Å². The van der Waals surface area contributed by atoms with Crippen LogP contribution in [-0.2, 0) is 0 Å². The molecule has 0 aliphatic carbocycles.